The number of carbonyl (C=O) groups excluding carboxylic acids is 2. The zero-order valence-electron chi connectivity index (χ0n) is 18.8. The molecule has 4 aromatic rings. The molecule has 1 amide bonds. The minimum absolute atomic E-state index is 0.0273. The Morgan fingerprint density at radius 1 is 1.09 bits per heavy atom. The highest BCUT2D eigenvalue weighted by Crippen LogP contribution is 2.26. The molecular weight excluding hydrogens is 456 g/mol. The van der Waals surface area contributed by atoms with E-state index in [1.54, 1.807) is 31.4 Å². The Morgan fingerprint density at radius 2 is 1.82 bits per heavy atom. The first-order valence-corrected chi connectivity index (χ1v) is 11.4. The smallest absolute Gasteiger partial charge is 0.296 e. The van der Waals surface area contributed by atoms with Crippen LogP contribution in [0, 0.1) is 0 Å². The number of hydrogen-bond acceptors (Lipinski definition) is 9. The Kier molecular flexibility index (Phi) is 7.02. The number of ketones is 1. The zero-order valence-corrected chi connectivity index (χ0v) is 19.6. The van der Waals surface area contributed by atoms with Crippen LogP contribution < -0.4 is 10.1 Å². The maximum absolute atomic E-state index is 12.4. The maximum Gasteiger partial charge on any atom is 0.296 e. The number of nitrogens with zero attached hydrogens (tertiary/aromatic N) is 5. The number of nitrogens with one attached hydrogen (secondary N) is 1. The predicted molar refractivity (Wildman–Crippen MR) is 127 cm³/mol. The van der Waals surface area contributed by atoms with Crippen LogP contribution in [0.2, 0.25) is 0 Å². The van der Waals surface area contributed by atoms with E-state index in [4.69, 9.17) is 9.26 Å². The number of ether oxygens (including phenoxy) is 1. The van der Waals surface area contributed by atoms with E-state index in [1.807, 2.05) is 35.8 Å². The second-order valence-corrected chi connectivity index (χ2v) is 8.11. The van der Waals surface area contributed by atoms with Gasteiger partial charge in [0.05, 0.1) is 12.9 Å². The molecule has 0 saturated heterocycles. The van der Waals surface area contributed by atoms with E-state index in [2.05, 4.69) is 25.7 Å². The SMILES string of the molecule is CCn1c(SCC(=O)Nc2ccc(C(C)=O)cc2)nnc1-c1nc(-c2ccc(OC)cc2)no1. The van der Waals surface area contributed by atoms with Gasteiger partial charge < -0.3 is 14.6 Å². The monoisotopic (exact) mass is 478 g/mol. The predicted octanol–water partition coefficient (Wildman–Crippen LogP) is 3.96. The van der Waals surface area contributed by atoms with Gasteiger partial charge in [-0.3, -0.25) is 14.2 Å². The summed E-state index contributed by atoms with van der Waals surface area (Å²) in [6.45, 7) is 3.99. The highest BCUT2D eigenvalue weighted by atomic mass is 32.2. The first-order valence-electron chi connectivity index (χ1n) is 10.4. The molecule has 0 unspecified atom stereocenters. The van der Waals surface area contributed by atoms with Crippen LogP contribution in [0.25, 0.3) is 23.1 Å². The number of methoxy groups -OCH3 is 1. The Balaban J connectivity index is 1.42. The lowest BCUT2D eigenvalue weighted by molar-refractivity contribution is -0.113. The fourth-order valence-corrected chi connectivity index (χ4v) is 3.93. The van der Waals surface area contributed by atoms with Crippen LogP contribution in [-0.4, -0.2) is 49.5 Å². The summed E-state index contributed by atoms with van der Waals surface area (Å²) in [4.78, 5) is 28.2. The number of aromatic nitrogens is 5. The first kappa shape index (κ1) is 23.2. The quantitative estimate of drug-likeness (QED) is 0.281. The largest absolute Gasteiger partial charge is 0.497 e. The lowest BCUT2D eigenvalue weighted by Crippen LogP contribution is -2.14. The lowest BCUT2D eigenvalue weighted by Gasteiger charge is -2.07. The molecule has 2 aromatic carbocycles. The zero-order chi connectivity index (χ0) is 24.1. The standard InChI is InChI=1S/C23H22N6O4S/c1-4-29-21(22-25-20(28-33-22)16-7-11-18(32-3)12-8-16)26-27-23(29)34-13-19(31)24-17-9-5-15(6-10-17)14(2)30/h5-12H,4,13H2,1-3H3,(H,24,31). The summed E-state index contributed by atoms with van der Waals surface area (Å²) in [6.07, 6.45) is 0. The molecule has 0 spiro atoms. The van der Waals surface area contributed by atoms with Gasteiger partial charge in [0.15, 0.2) is 10.9 Å². The summed E-state index contributed by atoms with van der Waals surface area (Å²) in [7, 11) is 1.60. The number of Topliss-reactive ketones (excluding diaryl/α,β-unsaturated/α-hetero) is 1. The van der Waals surface area contributed by atoms with Crippen molar-refractivity contribution in [2.45, 2.75) is 25.5 Å². The third-order valence-electron chi connectivity index (χ3n) is 4.91. The minimum Gasteiger partial charge on any atom is -0.497 e. The molecule has 11 heteroatoms. The molecule has 4 rings (SSSR count). The summed E-state index contributed by atoms with van der Waals surface area (Å²) < 4.78 is 12.4. The van der Waals surface area contributed by atoms with Gasteiger partial charge in [0, 0.05) is 23.4 Å². The number of benzene rings is 2. The average Bonchev–Trinajstić information content (AvgIpc) is 3.50. The van der Waals surface area contributed by atoms with Gasteiger partial charge in [-0.05, 0) is 62.4 Å². The van der Waals surface area contributed by atoms with Gasteiger partial charge in [-0.2, -0.15) is 4.98 Å². The molecule has 2 aromatic heterocycles. The van der Waals surface area contributed by atoms with Crippen molar-refractivity contribution in [3.63, 3.8) is 0 Å². The summed E-state index contributed by atoms with van der Waals surface area (Å²) >= 11 is 1.25. The van der Waals surface area contributed by atoms with Crippen LogP contribution in [0.1, 0.15) is 24.2 Å². The molecule has 34 heavy (non-hydrogen) atoms. The van der Waals surface area contributed by atoms with Gasteiger partial charge in [0.1, 0.15) is 5.75 Å². The van der Waals surface area contributed by atoms with E-state index in [-0.39, 0.29) is 23.3 Å². The molecule has 2 heterocycles. The molecule has 1 N–H and O–H groups in total. The van der Waals surface area contributed by atoms with Crippen molar-refractivity contribution in [3.8, 4) is 28.9 Å². The van der Waals surface area contributed by atoms with Gasteiger partial charge in [0.2, 0.25) is 17.6 Å². The lowest BCUT2D eigenvalue weighted by atomic mass is 10.1. The first-order chi connectivity index (χ1) is 16.5. The second-order valence-electron chi connectivity index (χ2n) is 7.17. The second kappa shape index (κ2) is 10.3. The van der Waals surface area contributed by atoms with Crippen LogP contribution in [0.5, 0.6) is 5.75 Å². The van der Waals surface area contributed by atoms with Crippen molar-refractivity contribution in [1.29, 1.82) is 0 Å². The van der Waals surface area contributed by atoms with Gasteiger partial charge in [-0.1, -0.05) is 16.9 Å². The topological polar surface area (TPSA) is 125 Å². The Labute approximate surface area is 199 Å². The number of amides is 1. The Morgan fingerprint density at radius 3 is 2.47 bits per heavy atom. The van der Waals surface area contributed by atoms with Crippen molar-refractivity contribution in [3.05, 3.63) is 54.1 Å². The summed E-state index contributed by atoms with van der Waals surface area (Å²) in [5.41, 5.74) is 1.98. The molecular formula is C23H22N6O4S. The fraction of sp³-hybridized carbons (Fsp3) is 0.217. The van der Waals surface area contributed by atoms with Crippen molar-refractivity contribution in [2.24, 2.45) is 0 Å². The van der Waals surface area contributed by atoms with E-state index >= 15 is 0 Å². The number of thioether (sulfide) groups is 1. The Hall–Kier alpha value is -3.99. The molecule has 0 fully saturated rings. The normalized spacial score (nSPS) is 10.8. The molecule has 174 valence electrons. The van der Waals surface area contributed by atoms with Crippen LogP contribution in [0.4, 0.5) is 5.69 Å². The molecule has 0 saturated carbocycles. The maximum atomic E-state index is 12.4. The fourth-order valence-electron chi connectivity index (χ4n) is 3.13. The van der Waals surface area contributed by atoms with Crippen LogP contribution >= 0.6 is 11.8 Å². The Bertz CT molecular complexity index is 1300. The molecule has 0 aliphatic carbocycles. The minimum atomic E-state index is -0.202. The summed E-state index contributed by atoms with van der Waals surface area (Å²) in [5.74, 6) is 1.73. The number of hydrogen-bond donors (Lipinski definition) is 1. The summed E-state index contributed by atoms with van der Waals surface area (Å²) in [6, 6.07) is 14.1. The highest BCUT2D eigenvalue weighted by Gasteiger charge is 2.20. The van der Waals surface area contributed by atoms with Gasteiger partial charge >= 0.3 is 0 Å². The van der Waals surface area contributed by atoms with Crippen molar-refractivity contribution >= 4 is 29.1 Å². The van der Waals surface area contributed by atoms with Crippen LogP contribution in [0.15, 0.2) is 58.2 Å². The highest BCUT2D eigenvalue weighted by molar-refractivity contribution is 7.99. The van der Waals surface area contributed by atoms with E-state index in [0.29, 0.717) is 34.6 Å². The third-order valence-corrected chi connectivity index (χ3v) is 5.87. The molecule has 10 nitrogen and oxygen atoms in total. The van der Waals surface area contributed by atoms with E-state index in [1.165, 1.54) is 18.7 Å². The molecule has 0 aliphatic rings. The molecule has 0 atom stereocenters. The number of carbonyl (C=O) groups is 2. The number of anilines is 1. The van der Waals surface area contributed by atoms with E-state index in [9.17, 15) is 9.59 Å². The van der Waals surface area contributed by atoms with Crippen LogP contribution in [0.3, 0.4) is 0 Å². The van der Waals surface area contributed by atoms with Gasteiger partial charge in [-0.15, -0.1) is 10.2 Å². The third kappa shape index (κ3) is 5.15. The number of rotatable bonds is 9. The average molecular weight is 479 g/mol. The van der Waals surface area contributed by atoms with E-state index in [0.717, 1.165) is 11.3 Å². The summed E-state index contributed by atoms with van der Waals surface area (Å²) in [5, 5.41) is 15.8. The molecule has 0 bridgehead atoms. The van der Waals surface area contributed by atoms with E-state index < -0.39 is 0 Å². The van der Waals surface area contributed by atoms with Crippen molar-refractivity contribution in [2.75, 3.05) is 18.2 Å². The van der Waals surface area contributed by atoms with Gasteiger partial charge in [0.25, 0.3) is 5.89 Å². The molecule has 0 radical (unpaired) electrons. The van der Waals surface area contributed by atoms with Gasteiger partial charge in [-0.25, -0.2) is 0 Å². The van der Waals surface area contributed by atoms with Crippen molar-refractivity contribution in [1.82, 2.24) is 24.9 Å². The van der Waals surface area contributed by atoms with Crippen LogP contribution in [-0.2, 0) is 11.3 Å². The van der Waals surface area contributed by atoms with Crippen molar-refractivity contribution < 1.29 is 18.8 Å². The molecule has 0 aliphatic heterocycles.